The minimum Gasteiger partial charge on any atom is -0.332 e. The highest BCUT2D eigenvalue weighted by Crippen LogP contribution is 2.22. The lowest BCUT2D eigenvalue weighted by Gasteiger charge is -2.28. The van der Waals surface area contributed by atoms with Gasteiger partial charge in [-0.3, -0.25) is 4.79 Å². The first-order valence-corrected chi connectivity index (χ1v) is 7.36. The number of carbonyl (C=O) groups excluding carboxylic acids is 1. The molecule has 0 aliphatic carbocycles. The zero-order valence-electron chi connectivity index (χ0n) is 12.2. The van der Waals surface area contributed by atoms with Crippen molar-refractivity contribution in [1.29, 1.82) is 0 Å². The van der Waals surface area contributed by atoms with Crippen molar-refractivity contribution in [2.45, 2.75) is 13.0 Å². The summed E-state index contributed by atoms with van der Waals surface area (Å²) in [6.07, 6.45) is 3.77. The maximum atomic E-state index is 13.8. The van der Waals surface area contributed by atoms with Crippen LogP contribution >= 0.6 is 0 Å². The summed E-state index contributed by atoms with van der Waals surface area (Å²) in [5.41, 5.74) is 2.50. The predicted octanol–water partition coefficient (Wildman–Crippen LogP) is 2.36. The molecule has 114 valence electrons. The third-order valence-corrected chi connectivity index (χ3v) is 3.99. The fourth-order valence-electron chi connectivity index (χ4n) is 2.83. The molecule has 0 unspecified atom stereocenters. The maximum absolute atomic E-state index is 13.8. The van der Waals surface area contributed by atoms with Crippen molar-refractivity contribution >= 4 is 16.9 Å². The second-order valence-corrected chi connectivity index (χ2v) is 5.45. The highest BCUT2D eigenvalue weighted by atomic mass is 19.1. The second kappa shape index (κ2) is 5.39. The van der Waals surface area contributed by atoms with Crippen molar-refractivity contribution < 1.29 is 9.18 Å². The zero-order chi connectivity index (χ0) is 15.8. The van der Waals surface area contributed by atoms with Crippen molar-refractivity contribution in [3.05, 3.63) is 65.5 Å². The molecule has 1 aliphatic heterocycles. The highest BCUT2D eigenvalue weighted by Gasteiger charge is 2.25. The van der Waals surface area contributed by atoms with E-state index in [1.165, 1.54) is 18.3 Å². The first-order chi connectivity index (χ1) is 11.2. The zero-order valence-corrected chi connectivity index (χ0v) is 12.2. The summed E-state index contributed by atoms with van der Waals surface area (Å²) in [5.74, 6) is -0.982. The number of amides is 1. The van der Waals surface area contributed by atoms with E-state index >= 15 is 0 Å². The van der Waals surface area contributed by atoms with E-state index in [4.69, 9.17) is 0 Å². The quantitative estimate of drug-likeness (QED) is 0.692. The molecule has 0 fully saturated rings. The molecule has 0 N–H and O–H groups in total. The molecule has 23 heavy (non-hydrogen) atoms. The van der Waals surface area contributed by atoms with Crippen molar-refractivity contribution in [2.24, 2.45) is 0 Å². The predicted molar refractivity (Wildman–Crippen MR) is 82.2 cm³/mol. The Labute approximate surface area is 131 Å². The van der Waals surface area contributed by atoms with E-state index in [-0.39, 0.29) is 11.6 Å². The fourth-order valence-corrected chi connectivity index (χ4v) is 2.83. The van der Waals surface area contributed by atoms with E-state index < -0.39 is 5.82 Å². The van der Waals surface area contributed by atoms with Crippen LogP contribution in [0.4, 0.5) is 4.39 Å². The van der Waals surface area contributed by atoms with Gasteiger partial charge in [0.15, 0.2) is 17.2 Å². The number of nitrogens with zero attached hydrogens (tertiary/aromatic N) is 4. The van der Waals surface area contributed by atoms with E-state index in [9.17, 15) is 9.18 Å². The van der Waals surface area contributed by atoms with Crippen molar-refractivity contribution in [3.63, 3.8) is 0 Å². The van der Waals surface area contributed by atoms with Crippen LogP contribution in [0.15, 0.2) is 42.7 Å². The fraction of sp³-hybridized carbons (Fsp3) is 0.176. The van der Waals surface area contributed by atoms with Gasteiger partial charge in [0.05, 0.1) is 0 Å². The highest BCUT2D eigenvalue weighted by molar-refractivity contribution is 5.92. The van der Waals surface area contributed by atoms with Crippen LogP contribution in [0.25, 0.3) is 11.0 Å². The average molecular weight is 308 g/mol. The van der Waals surface area contributed by atoms with Crippen molar-refractivity contribution in [1.82, 2.24) is 19.9 Å². The van der Waals surface area contributed by atoms with Crippen LogP contribution in [0.3, 0.4) is 0 Å². The lowest BCUT2D eigenvalue weighted by atomic mass is 10.0. The van der Waals surface area contributed by atoms with Gasteiger partial charge in [0.25, 0.3) is 5.91 Å². The Morgan fingerprint density at radius 3 is 2.87 bits per heavy atom. The van der Waals surface area contributed by atoms with Gasteiger partial charge in [-0.05, 0) is 35.9 Å². The normalized spacial score (nSPS) is 13.9. The summed E-state index contributed by atoms with van der Waals surface area (Å²) in [7, 11) is 0. The van der Waals surface area contributed by atoms with Gasteiger partial charge in [-0.1, -0.05) is 0 Å². The SMILES string of the molecule is O=C(c1ncccc1F)N1CCc2nc3ncccc3cc2C1. The van der Waals surface area contributed by atoms with Crippen LogP contribution in [0.5, 0.6) is 0 Å². The number of halogens is 1. The number of fused-ring (bicyclic) bond motifs is 2. The molecule has 0 atom stereocenters. The van der Waals surface area contributed by atoms with Crippen LogP contribution in [-0.4, -0.2) is 32.3 Å². The van der Waals surface area contributed by atoms with Crippen LogP contribution in [0, 0.1) is 5.82 Å². The average Bonchev–Trinajstić information content (AvgIpc) is 2.59. The molecule has 0 aromatic carbocycles. The lowest BCUT2D eigenvalue weighted by molar-refractivity contribution is 0.0722. The summed E-state index contributed by atoms with van der Waals surface area (Å²) in [4.78, 5) is 26.8. The molecule has 1 amide bonds. The van der Waals surface area contributed by atoms with Gasteiger partial charge in [0, 0.05) is 43.0 Å². The number of hydrogen-bond donors (Lipinski definition) is 0. The van der Waals surface area contributed by atoms with E-state index in [1.54, 1.807) is 11.1 Å². The molecule has 4 heterocycles. The topological polar surface area (TPSA) is 59.0 Å². The number of pyridine rings is 3. The molecule has 0 spiro atoms. The summed E-state index contributed by atoms with van der Waals surface area (Å²) >= 11 is 0. The molecule has 6 heteroatoms. The van der Waals surface area contributed by atoms with Crippen LogP contribution in [0.1, 0.15) is 21.7 Å². The first kappa shape index (κ1) is 13.8. The smallest absolute Gasteiger partial charge is 0.275 e. The van der Waals surface area contributed by atoms with Crippen molar-refractivity contribution in [3.8, 4) is 0 Å². The Morgan fingerprint density at radius 1 is 1.17 bits per heavy atom. The van der Waals surface area contributed by atoms with Crippen LogP contribution in [0.2, 0.25) is 0 Å². The Kier molecular flexibility index (Phi) is 3.22. The Hall–Kier alpha value is -2.89. The summed E-state index contributed by atoms with van der Waals surface area (Å²) < 4.78 is 13.8. The van der Waals surface area contributed by atoms with E-state index in [0.29, 0.717) is 25.2 Å². The molecule has 0 saturated carbocycles. The molecule has 3 aromatic heterocycles. The molecule has 0 bridgehead atoms. The molecule has 0 saturated heterocycles. The van der Waals surface area contributed by atoms with Crippen LogP contribution < -0.4 is 0 Å². The summed E-state index contributed by atoms with van der Waals surface area (Å²) in [6.45, 7) is 0.898. The first-order valence-electron chi connectivity index (χ1n) is 7.36. The second-order valence-electron chi connectivity index (χ2n) is 5.45. The molecular formula is C17H13FN4O. The van der Waals surface area contributed by atoms with E-state index in [0.717, 1.165) is 16.6 Å². The summed E-state index contributed by atoms with van der Waals surface area (Å²) in [5, 5.41) is 0.935. The molecule has 0 radical (unpaired) electrons. The number of carbonyl (C=O) groups is 1. The van der Waals surface area contributed by atoms with Crippen LogP contribution in [-0.2, 0) is 13.0 Å². The monoisotopic (exact) mass is 308 g/mol. The standard InChI is InChI=1S/C17H13FN4O/c18-13-4-2-6-19-15(13)17(23)22-8-5-14-12(10-22)9-11-3-1-7-20-16(11)21-14/h1-4,6-7,9H,5,8,10H2. The van der Waals surface area contributed by atoms with Gasteiger partial charge in [0.2, 0.25) is 0 Å². The third-order valence-electron chi connectivity index (χ3n) is 3.99. The molecular weight excluding hydrogens is 295 g/mol. The van der Waals surface area contributed by atoms with Gasteiger partial charge < -0.3 is 4.90 Å². The number of aromatic nitrogens is 3. The van der Waals surface area contributed by atoms with Gasteiger partial charge in [0.1, 0.15) is 0 Å². The Balaban J connectivity index is 1.67. The summed E-state index contributed by atoms with van der Waals surface area (Å²) in [6, 6.07) is 8.51. The molecule has 1 aliphatic rings. The molecule has 5 nitrogen and oxygen atoms in total. The maximum Gasteiger partial charge on any atom is 0.275 e. The third kappa shape index (κ3) is 2.42. The minimum absolute atomic E-state index is 0.133. The molecule has 4 rings (SSSR count). The van der Waals surface area contributed by atoms with E-state index in [1.807, 2.05) is 18.2 Å². The Morgan fingerprint density at radius 2 is 2.00 bits per heavy atom. The van der Waals surface area contributed by atoms with Gasteiger partial charge >= 0.3 is 0 Å². The van der Waals surface area contributed by atoms with Gasteiger partial charge in [-0.15, -0.1) is 0 Å². The number of hydrogen-bond acceptors (Lipinski definition) is 4. The Bertz CT molecular complexity index is 912. The largest absolute Gasteiger partial charge is 0.332 e. The van der Waals surface area contributed by atoms with Gasteiger partial charge in [-0.25, -0.2) is 19.3 Å². The molecule has 3 aromatic rings. The lowest BCUT2D eigenvalue weighted by Crippen LogP contribution is -2.37. The van der Waals surface area contributed by atoms with E-state index in [2.05, 4.69) is 15.0 Å². The minimum atomic E-state index is -0.593. The number of rotatable bonds is 1. The van der Waals surface area contributed by atoms with Crippen molar-refractivity contribution in [2.75, 3.05) is 6.54 Å². The van der Waals surface area contributed by atoms with Gasteiger partial charge in [-0.2, -0.15) is 0 Å².